The quantitative estimate of drug-likeness (QED) is 0.641. The highest BCUT2D eigenvalue weighted by molar-refractivity contribution is 9.10. The van der Waals surface area contributed by atoms with E-state index in [-0.39, 0.29) is 0 Å². The summed E-state index contributed by atoms with van der Waals surface area (Å²) in [4.78, 5) is 3.70. The third-order valence-corrected chi connectivity index (χ3v) is 4.69. The fourth-order valence-corrected chi connectivity index (χ4v) is 3.15. The molecular formula is C13H12BrNS2. The molecule has 2 aromatic rings. The Bertz CT molecular complexity index is 511. The second kappa shape index (κ2) is 5.85. The molecule has 2 aromatic carbocycles. The Morgan fingerprint density at radius 3 is 2.12 bits per heavy atom. The molecule has 2 N–H and O–H groups in total. The highest BCUT2D eigenvalue weighted by Gasteiger charge is 2.01. The van der Waals surface area contributed by atoms with Gasteiger partial charge in [-0.1, -0.05) is 11.8 Å². The molecule has 0 aromatic heterocycles. The molecule has 0 aliphatic carbocycles. The number of nitrogens with two attached hydrogens (primary N) is 1. The van der Waals surface area contributed by atoms with E-state index < -0.39 is 0 Å². The predicted octanol–water partition coefficient (Wildman–Crippen LogP) is 4.90. The van der Waals surface area contributed by atoms with E-state index in [0.717, 1.165) is 10.2 Å². The monoisotopic (exact) mass is 325 g/mol. The van der Waals surface area contributed by atoms with Crippen molar-refractivity contribution >= 4 is 45.1 Å². The number of hydrogen-bond donors (Lipinski definition) is 1. The van der Waals surface area contributed by atoms with Crippen molar-refractivity contribution in [3.05, 3.63) is 46.9 Å². The van der Waals surface area contributed by atoms with Crippen LogP contribution in [-0.2, 0) is 0 Å². The fourth-order valence-electron chi connectivity index (χ4n) is 1.35. The third-order valence-electron chi connectivity index (χ3n) is 2.27. The lowest BCUT2D eigenvalue weighted by Crippen LogP contribution is -1.85. The number of nitrogen functional groups attached to an aromatic ring is 1. The zero-order valence-corrected chi connectivity index (χ0v) is 12.5. The number of thioether (sulfide) groups is 1. The van der Waals surface area contributed by atoms with Gasteiger partial charge >= 0.3 is 0 Å². The van der Waals surface area contributed by atoms with E-state index in [1.165, 1.54) is 14.7 Å². The second-order valence-electron chi connectivity index (χ2n) is 3.46. The molecule has 4 heteroatoms. The average Bonchev–Trinajstić information content (AvgIpc) is 2.35. The van der Waals surface area contributed by atoms with Gasteiger partial charge in [0.15, 0.2) is 0 Å². The first kappa shape index (κ1) is 12.9. The van der Waals surface area contributed by atoms with Gasteiger partial charge in [-0.15, -0.1) is 11.8 Å². The highest BCUT2D eigenvalue weighted by Crippen LogP contribution is 2.32. The summed E-state index contributed by atoms with van der Waals surface area (Å²) in [5.74, 6) is 0. The number of hydrogen-bond acceptors (Lipinski definition) is 3. The molecule has 0 unspecified atom stereocenters. The third kappa shape index (κ3) is 3.44. The molecular weight excluding hydrogens is 314 g/mol. The zero-order chi connectivity index (χ0) is 12.3. The van der Waals surface area contributed by atoms with Gasteiger partial charge in [-0.3, -0.25) is 0 Å². The topological polar surface area (TPSA) is 26.0 Å². The molecule has 0 saturated heterocycles. The Balaban J connectivity index is 2.16. The van der Waals surface area contributed by atoms with Gasteiger partial charge in [-0.05, 0) is 64.7 Å². The lowest BCUT2D eigenvalue weighted by Gasteiger charge is -2.04. The van der Waals surface area contributed by atoms with Crippen LogP contribution in [0, 0.1) is 0 Å². The minimum Gasteiger partial charge on any atom is -0.398 e. The first-order valence-corrected chi connectivity index (χ1v) is 7.89. The van der Waals surface area contributed by atoms with Crippen LogP contribution < -0.4 is 5.73 Å². The second-order valence-corrected chi connectivity index (χ2v) is 6.34. The van der Waals surface area contributed by atoms with Crippen molar-refractivity contribution in [2.75, 3.05) is 12.0 Å². The van der Waals surface area contributed by atoms with Gasteiger partial charge in [0, 0.05) is 24.8 Å². The van der Waals surface area contributed by atoms with Gasteiger partial charge in [0.1, 0.15) is 0 Å². The Morgan fingerprint density at radius 1 is 0.941 bits per heavy atom. The van der Waals surface area contributed by atoms with Crippen molar-refractivity contribution in [3.8, 4) is 0 Å². The minimum absolute atomic E-state index is 0.770. The summed E-state index contributed by atoms with van der Waals surface area (Å²) in [6.07, 6.45) is 2.08. The maximum atomic E-state index is 5.76. The van der Waals surface area contributed by atoms with Gasteiger partial charge in [0.05, 0.1) is 0 Å². The predicted molar refractivity (Wildman–Crippen MR) is 80.9 cm³/mol. The fraction of sp³-hybridized carbons (Fsp3) is 0.0769. The maximum Gasteiger partial charge on any atom is 0.0459 e. The van der Waals surface area contributed by atoms with Gasteiger partial charge in [-0.25, -0.2) is 0 Å². The smallest absolute Gasteiger partial charge is 0.0459 e. The van der Waals surface area contributed by atoms with Crippen LogP contribution in [-0.4, -0.2) is 6.26 Å². The van der Waals surface area contributed by atoms with Gasteiger partial charge < -0.3 is 5.73 Å². The Morgan fingerprint density at radius 2 is 1.53 bits per heavy atom. The normalized spacial score (nSPS) is 10.5. The summed E-state index contributed by atoms with van der Waals surface area (Å²) in [6, 6.07) is 14.6. The maximum absolute atomic E-state index is 5.76. The molecule has 0 atom stereocenters. The Hall–Kier alpha value is -0.580. The summed E-state index contributed by atoms with van der Waals surface area (Å²) in [6.45, 7) is 0. The standard InChI is InChI=1S/C13H12BrNS2/c1-16-9-2-4-10(5-3-9)17-11-6-7-13(15)12(14)8-11/h2-8H,15H2,1H3. The van der Waals surface area contributed by atoms with Crippen molar-refractivity contribution in [2.45, 2.75) is 14.7 Å². The van der Waals surface area contributed by atoms with E-state index in [1.54, 1.807) is 23.5 Å². The van der Waals surface area contributed by atoms with Crippen molar-refractivity contribution in [2.24, 2.45) is 0 Å². The minimum atomic E-state index is 0.770. The summed E-state index contributed by atoms with van der Waals surface area (Å²) < 4.78 is 0.947. The summed E-state index contributed by atoms with van der Waals surface area (Å²) >= 11 is 6.93. The van der Waals surface area contributed by atoms with E-state index in [9.17, 15) is 0 Å². The van der Waals surface area contributed by atoms with Crippen molar-refractivity contribution in [1.29, 1.82) is 0 Å². The molecule has 2 rings (SSSR count). The van der Waals surface area contributed by atoms with Gasteiger partial charge in [-0.2, -0.15) is 0 Å². The Kier molecular flexibility index (Phi) is 4.42. The Labute approximate surface area is 118 Å². The molecule has 0 aliphatic heterocycles. The highest BCUT2D eigenvalue weighted by atomic mass is 79.9. The summed E-state index contributed by atoms with van der Waals surface area (Å²) in [7, 11) is 0. The molecule has 0 radical (unpaired) electrons. The van der Waals surface area contributed by atoms with Gasteiger partial charge in [0.2, 0.25) is 0 Å². The van der Waals surface area contributed by atoms with Crippen LogP contribution in [0.4, 0.5) is 5.69 Å². The number of halogens is 1. The lowest BCUT2D eigenvalue weighted by atomic mass is 10.3. The van der Waals surface area contributed by atoms with Gasteiger partial charge in [0.25, 0.3) is 0 Å². The van der Waals surface area contributed by atoms with Crippen molar-refractivity contribution in [1.82, 2.24) is 0 Å². The molecule has 1 nitrogen and oxygen atoms in total. The average molecular weight is 326 g/mol. The van der Waals surface area contributed by atoms with E-state index in [1.807, 2.05) is 18.2 Å². The summed E-state index contributed by atoms with van der Waals surface area (Å²) in [5, 5.41) is 0. The van der Waals surface area contributed by atoms with Crippen LogP contribution in [0.3, 0.4) is 0 Å². The molecule has 0 fully saturated rings. The van der Waals surface area contributed by atoms with E-state index >= 15 is 0 Å². The molecule has 0 spiro atoms. The molecule has 0 bridgehead atoms. The van der Waals surface area contributed by atoms with E-state index in [4.69, 9.17) is 5.73 Å². The molecule has 0 amide bonds. The molecule has 0 saturated carbocycles. The number of benzene rings is 2. The molecule has 88 valence electrons. The number of anilines is 1. The molecule has 17 heavy (non-hydrogen) atoms. The lowest BCUT2D eigenvalue weighted by molar-refractivity contribution is 1.34. The first-order valence-electron chi connectivity index (χ1n) is 5.06. The molecule has 0 aliphatic rings. The van der Waals surface area contributed by atoms with E-state index in [0.29, 0.717) is 0 Å². The largest absolute Gasteiger partial charge is 0.398 e. The SMILES string of the molecule is CSc1ccc(Sc2ccc(N)c(Br)c2)cc1. The van der Waals surface area contributed by atoms with E-state index in [2.05, 4.69) is 46.5 Å². The van der Waals surface area contributed by atoms with Crippen LogP contribution in [0.25, 0.3) is 0 Å². The van der Waals surface area contributed by atoms with Crippen LogP contribution in [0.15, 0.2) is 61.6 Å². The van der Waals surface area contributed by atoms with Crippen molar-refractivity contribution < 1.29 is 0 Å². The first-order chi connectivity index (χ1) is 8.19. The van der Waals surface area contributed by atoms with Crippen LogP contribution in [0.5, 0.6) is 0 Å². The van der Waals surface area contributed by atoms with Crippen molar-refractivity contribution in [3.63, 3.8) is 0 Å². The zero-order valence-electron chi connectivity index (χ0n) is 9.31. The van der Waals surface area contributed by atoms with Crippen LogP contribution >= 0.6 is 39.5 Å². The number of rotatable bonds is 3. The molecule has 0 heterocycles. The summed E-state index contributed by atoms with van der Waals surface area (Å²) in [5.41, 5.74) is 6.53. The van der Waals surface area contributed by atoms with Crippen LogP contribution in [0.2, 0.25) is 0 Å². The van der Waals surface area contributed by atoms with Crippen LogP contribution in [0.1, 0.15) is 0 Å².